The predicted molar refractivity (Wildman–Crippen MR) is 112 cm³/mol. The standard InChI is InChI=1S/C18H29N3OS.HI/c1-5-19-17(20-11-14-12(2)8-10-23-14)21-15-13-7-6-9-22-16(13)18(15,3)4;/h8,10,13,15-16H,5-7,9,11H2,1-4H3,(H2,19,20,21);1H. The van der Waals surface area contributed by atoms with E-state index in [1.54, 1.807) is 11.3 Å². The van der Waals surface area contributed by atoms with Gasteiger partial charge in [-0.1, -0.05) is 13.8 Å². The van der Waals surface area contributed by atoms with Crippen LogP contribution in [0.25, 0.3) is 0 Å². The number of fused-ring (bicyclic) bond motifs is 1. The van der Waals surface area contributed by atoms with E-state index >= 15 is 0 Å². The largest absolute Gasteiger partial charge is 0.377 e. The van der Waals surface area contributed by atoms with Crippen LogP contribution in [-0.4, -0.2) is 31.3 Å². The normalized spacial score (nSPS) is 28.3. The number of thiophene rings is 1. The van der Waals surface area contributed by atoms with Crippen LogP contribution in [0.4, 0.5) is 0 Å². The van der Waals surface area contributed by atoms with Crippen LogP contribution in [0.15, 0.2) is 16.4 Å². The molecule has 1 aromatic rings. The average molecular weight is 463 g/mol. The summed E-state index contributed by atoms with van der Waals surface area (Å²) in [6.07, 6.45) is 2.84. The molecule has 1 aliphatic carbocycles. The van der Waals surface area contributed by atoms with Crippen molar-refractivity contribution in [3.8, 4) is 0 Å². The number of nitrogens with zero attached hydrogens (tertiary/aromatic N) is 1. The molecule has 6 heteroatoms. The number of nitrogens with one attached hydrogen (secondary N) is 2. The van der Waals surface area contributed by atoms with Crippen LogP contribution < -0.4 is 10.6 Å². The summed E-state index contributed by atoms with van der Waals surface area (Å²) in [5.41, 5.74) is 1.50. The van der Waals surface area contributed by atoms with Gasteiger partial charge in [0.2, 0.25) is 0 Å². The molecule has 136 valence electrons. The fourth-order valence-electron chi connectivity index (χ4n) is 4.00. The molecule has 2 fully saturated rings. The molecule has 2 heterocycles. The molecule has 0 spiro atoms. The van der Waals surface area contributed by atoms with Crippen LogP contribution in [0, 0.1) is 18.3 Å². The molecule has 1 saturated carbocycles. The zero-order chi connectivity index (χ0) is 16.4. The first-order valence-electron chi connectivity index (χ1n) is 8.73. The van der Waals surface area contributed by atoms with Crippen molar-refractivity contribution in [2.24, 2.45) is 16.3 Å². The summed E-state index contributed by atoms with van der Waals surface area (Å²) in [5.74, 6) is 1.55. The quantitative estimate of drug-likeness (QED) is 0.404. The highest BCUT2D eigenvalue weighted by molar-refractivity contribution is 14.0. The SMILES string of the molecule is CCNC(=NCc1sccc1C)NC1C2CCCOC2C1(C)C.I. The Labute approximate surface area is 166 Å². The monoisotopic (exact) mass is 463 g/mol. The lowest BCUT2D eigenvalue weighted by Gasteiger charge is -2.60. The number of hydrogen-bond donors (Lipinski definition) is 2. The smallest absolute Gasteiger partial charge is 0.191 e. The third-order valence-electron chi connectivity index (χ3n) is 5.32. The molecule has 1 saturated heterocycles. The fraction of sp³-hybridized carbons (Fsp3) is 0.722. The van der Waals surface area contributed by atoms with Gasteiger partial charge in [-0.25, -0.2) is 4.99 Å². The van der Waals surface area contributed by atoms with Crippen molar-refractivity contribution in [2.45, 2.75) is 59.2 Å². The van der Waals surface area contributed by atoms with Crippen LogP contribution in [0.5, 0.6) is 0 Å². The molecule has 3 atom stereocenters. The summed E-state index contributed by atoms with van der Waals surface area (Å²) in [4.78, 5) is 6.15. The van der Waals surface area contributed by atoms with Crippen molar-refractivity contribution in [1.82, 2.24) is 10.6 Å². The first kappa shape index (κ1) is 20.0. The number of rotatable bonds is 4. The Balaban J connectivity index is 0.00000208. The summed E-state index contributed by atoms with van der Waals surface area (Å²) < 4.78 is 6.00. The van der Waals surface area contributed by atoms with E-state index < -0.39 is 0 Å². The van der Waals surface area contributed by atoms with E-state index in [-0.39, 0.29) is 29.4 Å². The number of guanidine groups is 1. The maximum atomic E-state index is 6.00. The molecule has 1 aliphatic heterocycles. The third-order valence-corrected chi connectivity index (χ3v) is 6.32. The molecule has 1 aromatic heterocycles. The molecule has 24 heavy (non-hydrogen) atoms. The molecule has 3 rings (SSSR count). The molecule has 0 amide bonds. The molecule has 4 nitrogen and oxygen atoms in total. The number of aryl methyl sites for hydroxylation is 1. The van der Waals surface area contributed by atoms with Crippen molar-refractivity contribution < 1.29 is 4.74 Å². The van der Waals surface area contributed by atoms with Crippen LogP contribution >= 0.6 is 35.3 Å². The third kappa shape index (κ3) is 3.90. The maximum absolute atomic E-state index is 6.00. The Morgan fingerprint density at radius 1 is 1.46 bits per heavy atom. The molecule has 0 bridgehead atoms. The van der Waals surface area contributed by atoms with Crippen molar-refractivity contribution in [2.75, 3.05) is 13.2 Å². The summed E-state index contributed by atoms with van der Waals surface area (Å²) in [7, 11) is 0. The lowest BCUT2D eigenvalue weighted by atomic mass is 9.55. The van der Waals surface area contributed by atoms with Crippen LogP contribution in [-0.2, 0) is 11.3 Å². The van der Waals surface area contributed by atoms with Gasteiger partial charge in [-0.2, -0.15) is 0 Å². The highest BCUT2D eigenvalue weighted by Crippen LogP contribution is 2.51. The van der Waals surface area contributed by atoms with E-state index in [9.17, 15) is 0 Å². The van der Waals surface area contributed by atoms with Gasteiger partial charge < -0.3 is 15.4 Å². The average Bonchev–Trinajstić information content (AvgIpc) is 2.95. The molecule has 2 aliphatic rings. The summed E-state index contributed by atoms with van der Waals surface area (Å²) >= 11 is 1.78. The van der Waals surface area contributed by atoms with Gasteiger partial charge in [-0.15, -0.1) is 35.3 Å². The zero-order valence-corrected chi connectivity index (χ0v) is 18.2. The zero-order valence-electron chi connectivity index (χ0n) is 15.1. The van der Waals surface area contributed by atoms with Crippen LogP contribution in [0.1, 0.15) is 44.1 Å². The van der Waals surface area contributed by atoms with Gasteiger partial charge in [0.15, 0.2) is 5.96 Å². The van der Waals surface area contributed by atoms with Crippen molar-refractivity contribution in [3.63, 3.8) is 0 Å². The highest BCUT2D eigenvalue weighted by Gasteiger charge is 2.58. The van der Waals surface area contributed by atoms with E-state index in [4.69, 9.17) is 9.73 Å². The van der Waals surface area contributed by atoms with Crippen molar-refractivity contribution in [1.29, 1.82) is 0 Å². The number of aliphatic imine (C=N–C) groups is 1. The maximum Gasteiger partial charge on any atom is 0.191 e. The topological polar surface area (TPSA) is 45.7 Å². The lowest BCUT2D eigenvalue weighted by Crippen LogP contribution is -2.71. The van der Waals surface area contributed by atoms with Crippen LogP contribution in [0.3, 0.4) is 0 Å². The van der Waals surface area contributed by atoms with E-state index in [1.165, 1.54) is 23.3 Å². The summed E-state index contributed by atoms with van der Waals surface area (Å²) in [6, 6.07) is 2.60. The van der Waals surface area contributed by atoms with Gasteiger partial charge in [0, 0.05) is 35.4 Å². The van der Waals surface area contributed by atoms with E-state index in [0.717, 1.165) is 25.7 Å². The van der Waals surface area contributed by atoms with E-state index in [1.807, 2.05) is 0 Å². The molecule has 0 radical (unpaired) electrons. The minimum Gasteiger partial charge on any atom is -0.377 e. The van der Waals surface area contributed by atoms with Gasteiger partial charge in [-0.3, -0.25) is 0 Å². The fourth-order valence-corrected chi connectivity index (χ4v) is 4.83. The van der Waals surface area contributed by atoms with E-state index in [0.29, 0.717) is 18.1 Å². The van der Waals surface area contributed by atoms with Gasteiger partial charge in [0.25, 0.3) is 0 Å². The number of halogens is 1. The number of hydrogen-bond acceptors (Lipinski definition) is 3. The van der Waals surface area contributed by atoms with E-state index in [2.05, 4.69) is 49.8 Å². The lowest BCUT2D eigenvalue weighted by molar-refractivity contribution is -0.188. The van der Waals surface area contributed by atoms with Crippen molar-refractivity contribution in [3.05, 3.63) is 21.9 Å². The highest BCUT2D eigenvalue weighted by atomic mass is 127. The van der Waals surface area contributed by atoms with Crippen LogP contribution in [0.2, 0.25) is 0 Å². The number of ether oxygens (including phenoxy) is 1. The molecule has 3 unspecified atom stereocenters. The first-order valence-corrected chi connectivity index (χ1v) is 9.61. The Kier molecular flexibility index (Phi) is 6.96. The summed E-state index contributed by atoms with van der Waals surface area (Å²) in [6.45, 7) is 11.4. The molecule has 2 N–H and O–H groups in total. The Morgan fingerprint density at radius 2 is 2.25 bits per heavy atom. The second kappa shape index (κ2) is 8.36. The second-order valence-electron chi connectivity index (χ2n) is 7.26. The Bertz CT molecular complexity index is 572. The second-order valence-corrected chi connectivity index (χ2v) is 8.26. The first-order chi connectivity index (χ1) is 11.0. The Morgan fingerprint density at radius 3 is 2.92 bits per heavy atom. The molecule has 0 aromatic carbocycles. The van der Waals surface area contributed by atoms with Crippen molar-refractivity contribution >= 4 is 41.3 Å². The van der Waals surface area contributed by atoms with Gasteiger partial charge in [-0.05, 0) is 43.7 Å². The summed E-state index contributed by atoms with van der Waals surface area (Å²) in [5, 5.41) is 9.23. The van der Waals surface area contributed by atoms with Gasteiger partial charge in [0.1, 0.15) is 0 Å². The molecular weight excluding hydrogens is 433 g/mol. The minimum atomic E-state index is 0. The minimum absolute atomic E-state index is 0. The Hall–Kier alpha value is -0.340. The van der Waals surface area contributed by atoms with Gasteiger partial charge in [0.05, 0.1) is 12.6 Å². The predicted octanol–water partition coefficient (Wildman–Crippen LogP) is 3.93. The molecular formula is C18H30IN3OS. The van der Waals surface area contributed by atoms with Gasteiger partial charge >= 0.3 is 0 Å².